The van der Waals surface area contributed by atoms with Crippen molar-refractivity contribution in [1.82, 2.24) is 5.32 Å². The molecule has 16 heavy (non-hydrogen) atoms. The molecule has 0 spiro atoms. The first-order valence-corrected chi connectivity index (χ1v) is 5.91. The number of hydrogen-bond donors (Lipinski definition) is 2. The van der Waals surface area contributed by atoms with Crippen molar-refractivity contribution in [1.29, 1.82) is 0 Å². The Balaban J connectivity index is 4.28. The van der Waals surface area contributed by atoms with Gasteiger partial charge in [-0.05, 0) is 18.8 Å². The third-order valence-electron chi connectivity index (χ3n) is 2.49. The van der Waals surface area contributed by atoms with Crippen LogP contribution in [0.3, 0.4) is 0 Å². The Hall–Kier alpha value is -1.06. The smallest absolute Gasteiger partial charge is 0.326 e. The fourth-order valence-corrected chi connectivity index (χ4v) is 1.57. The maximum atomic E-state index is 11.7. The highest BCUT2D eigenvalue weighted by Crippen LogP contribution is 2.09. The molecule has 94 valence electrons. The van der Waals surface area contributed by atoms with Crippen LogP contribution in [0.4, 0.5) is 0 Å². The molecule has 0 aromatic rings. The van der Waals surface area contributed by atoms with Crippen LogP contribution in [-0.2, 0) is 9.59 Å². The lowest BCUT2D eigenvalue weighted by Crippen LogP contribution is -2.43. The lowest BCUT2D eigenvalue weighted by atomic mass is 10.0. The number of rotatable bonds is 7. The van der Waals surface area contributed by atoms with Crippen molar-refractivity contribution in [2.75, 3.05) is 0 Å². The third-order valence-corrected chi connectivity index (χ3v) is 2.49. The van der Waals surface area contributed by atoms with Gasteiger partial charge in [0.15, 0.2) is 0 Å². The Labute approximate surface area is 97.4 Å². The molecule has 4 nitrogen and oxygen atoms in total. The first kappa shape index (κ1) is 14.9. The molecule has 0 rings (SSSR count). The van der Waals surface area contributed by atoms with Crippen molar-refractivity contribution in [2.24, 2.45) is 11.8 Å². The third kappa shape index (κ3) is 5.73. The summed E-state index contributed by atoms with van der Waals surface area (Å²) in [6, 6.07) is -0.758. The van der Waals surface area contributed by atoms with Gasteiger partial charge in [0.2, 0.25) is 5.91 Å². The number of amides is 1. The van der Waals surface area contributed by atoms with Gasteiger partial charge in [-0.2, -0.15) is 0 Å². The molecule has 4 heteroatoms. The van der Waals surface area contributed by atoms with Crippen molar-refractivity contribution in [2.45, 2.75) is 53.0 Å². The van der Waals surface area contributed by atoms with E-state index < -0.39 is 12.0 Å². The summed E-state index contributed by atoms with van der Waals surface area (Å²) >= 11 is 0. The van der Waals surface area contributed by atoms with Gasteiger partial charge in [0.05, 0.1) is 0 Å². The molecule has 2 unspecified atom stereocenters. The first-order valence-electron chi connectivity index (χ1n) is 5.91. The number of nitrogens with one attached hydrogen (secondary N) is 1. The Morgan fingerprint density at radius 3 is 2.19 bits per heavy atom. The summed E-state index contributed by atoms with van der Waals surface area (Å²) in [4.78, 5) is 22.6. The van der Waals surface area contributed by atoms with Crippen LogP contribution in [0.1, 0.15) is 47.0 Å². The SMILES string of the molecule is CCCC(C)C(=O)NC(CC(C)C)C(=O)O. The van der Waals surface area contributed by atoms with Crippen LogP contribution < -0.4 is 5.32 Å². The minimum absolute atomic E-state index is 0.112. The second-order valence-electron chi connectivity index (χ2n) is 4.72. The van der Waals surface area contributed by atoms with Gasteiger partial charge in [-0.1, -0.05) is 34.1 Å². The Kier molecular flexibility index (Phi) is 6.77. The summed E-state index contributed by atoms with van der Waals surface area (Å²) in [5.41, 5.74) is 0. The zero-order valence-corrected chi connectivity index (χ0v) is 10.6. The molecular weight excluding hydrogens is 206 g/mol. The predicted molar refractivity (Wildman–Crippen MR) is 63.1 cm³/mol. The Morgan fingerprint density at radius 2 is 1.81 bits per heavy atom. The number of carbonyl (C=O) groups is 2. The number of carbonyl (C=O) groups excluding carboxylic acids is 1. The molecule has 0 saturated carbocycles. The summed E-state index contributed by atoms with van der Waals surface area (Å²) in [6.45, 7) is 7.72. The highest BCUT2D eigenvalue weighted by atomic mass is 16.4. The van der Waals surface area contributed by atoms with E-state index in [-0.39, 0.29) is 17.7 Å². The van der Waals surface area contributed by atoms with E-state index in [1.807, 2.05) is 27.7 Å². The number of hydrogen-bond acceptors (Lipinski definition) is 2. The van der Waals surface area contributed by atoms with Crippen LogP contribution in [0.5, 0.6) is 0 Å². The first-order chi connectivity index (χ1) is 7.38. The van der Waals surface area contributed by atoms with Crippen LogP contribution in [0.15, 0.2) is 0 Å². The van der Waals surface area contributed by atoms with Crippen molar-refractivity contribution >= 4 is 11.9 Å². The van der Waals surface area contributed by atoms with Crippen LogP contribution in [0.25, 0.3) is 0 Å². The highest BCUT2D eigenvalue weighted by Gasteiger charge is 2.23. The Bertz CT molecular complexity index is 238. The topological polar surface area (TPSA) is 66.4 Å². The largest absolute Gasteiger partial charge is 0.480 e. The van der Waals surface area contributed by atoms with Crippen molar-refractivity contribution in [3.8, 4) is 0 Å². The van der Waals surface area contributed by atoms with Crippen LogP contribution in [0, 0.1) is 11.8 Å². The van der Waals surface area contributed by atoms with Gasteiger partial charge in [-0.3, -0.25) is 4.79 Å². The molecule has 0 heterocycles. The van der Waals surface area contributed by atoms with E-state index in [1.165, 1.54) is 0 Å². The fourth-order valence-electron chi connectivity index (χ4n) is 1.57. The van der Waals surface area contributed by atoms with Gasteiger partial charge in [0.25, 0.3) is 0 Å². The molecule has 0 aliphatic rings. The van der Waals surface area contributed by atoms with E-state index in [9.17, 15) is 9.59 Å². The molecular formula is C12H23NO3. The van der Waals surface area contributed by atoms with Crippen molar-refractivity contribution in [3.05, 3.63) is 0 Å². The summed E-state index contributed by atoms with van der Waals surface area (Å²) in [7, 11) is 0. The van der Waals surface area contributed by atoms with Gasteiger partial charge < -0.3 is 10.4 Å². The summed E-state index contributed by atoms with van der Waals surface area (Å²) in [6.07, 6.45) is 2.19. The number of carboxylic acids is 1. The molecule has 0 bridgehead atoms. The lowest BCUT2D eigenvalue weighted by molar-refractivity contribution is -0.142. The molecule has 0 aliphatic carbocycles. The molecule has 0 aromatic heterocycles. The molecule has 0 radical (unpaired) electrons. The van der Waals surface area contributed by atoms with Crippen molar-refractivity contribution < 1.29 is 14.7 Å². The lowest BCUT2D eigenvalue weighted by Gasteiger charge is -2.18. The van der Waals surface area contributed by atoms with Crippen LogP contribution in [0.2, 0.25) is 0 Å². The molecule has 1 amide bonds. The zero-order chi connectivity index (χ0) is 12.7. The maximum absolute atomic E-state index is 11.7. The molecule has 0 saturated heterocycles. The average molecular weight is 229 g/mol. The molecule has 0 fully saturated rings. The zero-order valence-electron chi connectivity index (χ0n) is 10.6. The van der Waals surface area contributed by atoms with Gasteiger partial charge in [0, 0.05) is 5.92 Å². The van der Waals surface area contributed by atoms with E-state index in [0.29, 0.717) is 6.42 Å². The van der Waals surface area contributed by atoms with Crippen LogP contribution >= 0.6 is 0 Å². The van der Waals surface area contributed by atoms with E-state index in [1.54, 1.807) is 0 Å². The van der Waals surface area contributed by atoms with Crippen molar-refractivity contribution in [3.63, 3.8) is 0 Å². The number of carboxylic acid groups (broad SMARTS) is 1. The molecule has 0 aliphatic heterocycles. The standard InChI is InChI=1S/C12H23NO3/c1-5-6-9(4)11(14)13-10(12(15)16)7-8(2)3/h8-10H,5-7H2,1-4H3,(H,13,14)(H,15,16). The quantitative estimate of drug-likeness (QED) is 0.702. The molecule has 0 aromatic carbocycles. The maximum Gasteiger partial charge on any atom is 0.326 e. The summed E-state index contributed by atoms with van der Waals surface area (Å²) in [5, 5.41) is 11.6. The normalized spacial score (nSPS) is 14.6. The predicted octanol–water partition coefficient (Wildman–Crippen LogP) is 2.04. The van der Waals surface area contributed by atoms with Gasteiger partial charge >= 0.3 is 5.97 Å². The van der Waals surface area contributed by atoms with Gasteiger partial charge in [-0.25, -0.2) is 4.79 Å². The minimum atomic E-state index is -0.953. The Morgan fingerprint density at radius 1 is 1.25 bits per heavy atom. The summed E-state index contributed by atoms with van der Waals surface area (Å²) < 4.78 is 0. The molecule has 2 atom stereocenters. The summed E-state index contributed by atoms with van der Waals surface area (Å²) in [5.74, 6) is -0.970. The highest BCUT2D eigenvalue weighted by molar-refractivity contribution is 5.84. The van der Waals surface area contributed by atoms with E-state index in [2.05, 4.69) is 5.32 Å². The monoisotopic (exact) mass is 229 g/mol. The van der Waals surface area contributed by atoms with E-state index in [0.717, 1.165) is 12.8 Å². The fraction of sp³-hybridized carbons (Fsp3) is 0.833. The van der Waals surface area contributed by atoms with Gasteiger partial charge in [-0.15, -0.1) is 0 Å². The average Bonchev–Trinajstić information content (AvgIpc) is 2.16. The van der Waals surface area contributed by atoms with E-state index >= 15 is 0 Å². The number of aliphatic carboxylic acids is 1. The van der Waals surface area contributed by atoms with E-state index in [4.69, 9.17) is 5.11 Å². The minimum Gasteiger partial charge on any atom is -0.480 e. The molecule has 2 N–H and O–H groups in total. The second kappa shape index (κ2) is 7.25. The van der Waals surface area contributed by atoms with Crippen LogP contribution in [-0.4, -0.2) is 23.0 Å². The second-order valence-corrected chi connectivity index (χ2v) is 4.72. The van der Waals surface area contributed by atoms with Gasteiger partial charge in [0.1, 0.15) is 6.04 Å².